The summed E-state index contributed by atoms with van der Waals surface area (Å²) in [5, 5.41) is 2.76. The molecular weight excluding hydrogens is 234 g/mol. The van der Waals surface area contributed by atoms with Crippen molar-refractivity contribution < 1.29 is 9.59 Å². The normalized spacial score (nSPS) is 9.29. The lowest BCUT2D eigenvalue weighted by atomic mass is 10.2. The molecule has 0 aliphatic rings. The molecule has 0 unspecified atom stereocenters. The highest BCUT2D eigenvalue weighted by Crippen LogP contribution is 2.04. The van der Waals surface area contributed by atoms with Crippen LogP contribution in [0.2, 0.25) is 0 Å². The van der Waals surface area contributed by atoms with E-state index in [0.717, 1.165) is 6.42 Å². The molecule has 0 saturated carbocycles. The number of amides is 1. The van der Waals surface area contributed by atoms with Crippen LogP contribution < -0.4 is 5.32 Å². The van der Waals surface area contributed by atoms with Gasteiger partial charge >= 0.3 is 0 Å². The van der Waals surface area contributed by atoms with Gasteiger partial charge in [-0.2, -0.15) is 0 Å². The standard InChI is InChI=1S/C13H21NO2S/c1-3-4-5-6-7-8-9-13(16)17-11-10-14-12(2)15/h6,8H,3-5,9-11H2,1-2H3,(H,14,15). The Hall–Kier alpha value is -0.990. The second kappa shape index (κ2) is 11.5. The number of unbranched alkanes of at least 4 members (excludes halogenated alkanes) is 2. The third-order valence-electron chi connectivity index (χ3n) is 1.95. The predicted molar refractivity (Wildman–Crippen MR) is 72.9 cm³/mol. The predicted octanol–water partition coefficient (Wildman–Crippen LogP) is 2.67. The third-order valence-corrected chi connectivity index (χ3v) is 2.84. The van der Waals surface area contributed by atoms with Gasteiger partial charge in [-0.05, 0) is 25.0 Å². The van der Waals surface area contributed by atoms with Crippen LogP contribution in [-0.2, 0) is 9.59 Å². The average molecular weight is 255 g/mol. The summed E-state index contributed by atoms with van der Waals surface area (Å²) in [6.45, 7) is 4.16. The summed E-state index contributed by atoms with van der Waals surface area (Å²) < 4.78 is 0. The lowest BCUT2D eigenvalue weighted by Crippen LogP contribution is -2.22. The van der Waals surface area contributed by atoms with E-state index in [0.29, 0.717) is 18.7 Å². The maximum atomic E-state index is 11.3. The SMILES string of the molecule is CCCCC=C=CCC(=O)SCCNC(C)=O. The minimum Gasteiger partial charge on any atom is -0.356 e. The van der Waals surface area contributed by atoms with Gasteiger partial charge in [0.1, 0.15) is 0 Å². The first-order chi connectivity index (χ1) is 8.16. The number of rotatable bonds is 8. The maximum absolute atomic E-state index is 11.3. The second-order valence-corrected chi connectivity index (χ2v) is 4.78. The van der Waals surface area contributed by atoms with Crippen LogP contribution in [0.3, 0.4) is 0 Å². The van der Waals surface area contributed by atoms with Crippen molar-refractivity contribution >= 4 is 22.8 Å². The first-order valence-electron chi connectivity index (χ1n) is 5.96. The Kier molecular flexibility index (Phi) is 10.8. The molecule has 0 aromatic carbocycles. The Morgan fingerprint density at radius 1 is 1.35 bits per heavy atom. The van der Waals surface area contributed by atoms with Gasteiger partial charge in [-0.15, -0.1) is 5.73 Å². The number of carbonyl (C=O) groups excluding carboxylic acids is 2. The minimum absolute atomic E-state index is 0.0585. The smallest absolute Gasteiger partial charge is 0.216 e. The van der Waals surface area contributed by atoms with Gasteiger partial charge in [-0.25, -0.2) is 0 Å². The van der Waals surface area contributed by atoms with Gasteiger partial charge < -0.3 is 5.32 Å². The van der Waals surface area contributed by atoms with Gasteiger partial charge in [0.25, 0.3) is 0 Å². The van der Waals surface area contributed by atoms with E-state index in [1.165, 1.54) is 31.5 Å². The van der Waals surface area contributed by atoms with E-state index >= 15 is 0 Å². The zero-order valence-corrected chi connectivity index (χ0v) is 11.4. The van der Waals surface area contributed by atoms with Crippen LogP contribution in [0.5, 0.6) is 0 Å². The highest BCUT2D eigenvalue weighted by molar-refractivity contribution is 8.13. The third kappa shape index (κ3) is 12.9. The molecule has 0 rings (SSSR count). The van der Waals surface area contributed by atoms with Crippen molar-refractivity contribution in [3.8, 4) is 0 Å². The molecule has 4 heteroatoms. The topological polar surface area (TPSA) is 46.2 Å². The van der Waals surface area contributed by atoms with E-state index in [9.17, 15) is 9.59 Å². The number of carbonyl (C=O) groups is 2. The molecule has 0 fully saturated rings. The fourth-order valence-electron chi connectivity index (χ4n) is 1.07. The van der Waals surface area contributed by atoms with Gasteiger partial charge in [-0.1, -0.05) is 25.1 Å². The van der Waals surface area contributed by atoms with Gasteiger partial charge in [0.2, 0.25) is 5.91 Å². The van der Waals surface area contributed by atoms with Crippen LogP contribution in [0, 0.1) is 0 Å². The molecule has 1 N–H and O–H groups in total. The van der Waals surface area contributed by atoms with Gasteiger partial charge in [0, 0.05) is 25.6 Å². The molecule has 0 radical (unpaired) electrons. The minimum atomic E-state index is -0.0585. The Bertz CT molecular complexity index is 294. The molecule has 0 heterocycles. The lowest BCUT2D eigenvalue weighted by Gasteiger charge is -1.99. The first-order valence-corrected chi connectivity index (χ1v) is 6.94. The fraction of sp³-hybridized carbons (Fsp3) is 0.615. The van der Waals surface area contributed by atoms with E-state index in [1.54, 1.807) is 6.08 Å². The highest BCUT2D eigenvalue weighted by Gasteiger charge is 1.99. The van der Waals surface area contributed by atoms with Crippen LogP contribution in [0.15, 0.2) is 17.9 Å². The summed E-state index contributed by atoms with van der Waals surface area (Å²) >= 11 is 1.25. The molecule has 96 valence electrons. The number of allylic oxidation sites excluding steroid dienone is 1. The molecule has 0 saturated heterocycles. The fourth-order valence-corrected chi connectivity index (χ4v) is 1.70. The Balaban J connectivity index is 3.52. The molecule has 0 aliphatic heterocycles. The summed E-state index contributed by atoms with van der Waals surface area (Å²) in [6.07, 6.45) is 7.52. The van der Waals surface area contributed by atoms with E-state index in [4.69, 9.17) is 0 Å². The zero-order valence-electron chi connectivity index (χ0n) is 10.6. The zero-order chi connectivity index (χ0) is 12.9. The Morgan fingerprint density at radius 3 is 2.76 bits per heavy atom. The van der Waals surface area contributed by atoms with E-state index in [2.05, 4.69) is 18.0 Å². The molecule has 0 spiro atoms. The molecule has 0 atom stereocenters. The van der Waals surface area contributed by atoms with Crippen molar-refractivity contribution in [1.82, 2.24) is 5.32 Å². The number of hydrogen-bond acceptors (Lipinski definition) is 3. The Labute approximate surface area is 108 Å². The monoisotopic (exact) mass is 255 g/mol. The largest absolute Gasteiger partial charge is 0.356 e. The molecule has 0 aromatic heterocycles. The van der Waals surface area contributed by atoms with Crippen molar-refractivity contribution in [2.24, 2.45) is 0 Å². The maximum Gasteiger partial charge on any atom is 0.216 e. The lowest BCUT2D eigenvalue weighted by molar-refractivity contribution is -0.118. The molecular formula is C13H21NO2S. The van der Waals surface area contributed by atoms with Crippen LogP contribution >= 0.6 is 11.8 Å². The van der Waals surface area contributed by atoms with Crippen molar-refractivity contribution in [2.75, 3.05) is 12.3 Å². The number of hydrogen-bond donors (Lipinski definition) is 1. The Morgan fingerprint density at radius 2 is 2.12 bits per heavy atom. The second-order valence-electron chi connectivity index (χ2n) is 3.62. The van der Waals surface area contributed by atoms with Gasteiger partial charge in [0.15, 0.2) is 5.12 Å². The average Bonchev–Trinajstić information content (AvgIpc) is 2.29. The summed E-state index contributed by atoms with van der Waals surface area (Å²) in [5.74, 6) is 0.572. The van der Waals surface area contributed by atoms with Crippen LogP contribution in [-0.4, -0.2) is 23.3 Å². The molecule has 3 nitrogen and oxygen atoms in total. The van der Waals surface area contributed by atoms with Crippen LogP contribution in [0.25, 0.3) is 0 Å². The van der Waals surface area contributed by atoms with Gasteiger partial charge in [-0.3, -0.25) is 9.59 Å². The quantitative estimate of drug-likeness (QED) is 0.536. The summed E-state index contributed by atoms with van der Waals surface area (Å²) in [4.78, 5) is 21.9. The van der Waals surface area contributed by atoms with E-state index in [-0.39, 0.29) is 11.0 Å². The first kappa shape index (κ1) is 16.0. The van der Waals surface area contributed by atoms with Crippen molar-refractivity contribution in [3.63, 3.8) is 0 Å². The molecule has 0 bridgehead atoms. The molecule has 17 heavy (non-hydrogen) atoms. The summed E-state index contributed by atoms with van der Waals surface area (Å²) in [7, 11) is 0. The number of nitrogens with one attached hydrogen (secondary N) is 1. The van der Waals surface area contributed by atoms with Crippen molar-refractivity contribution in [2.45, 2.75) is 39.5 Å². The molecule has 0 aliphatic carbocycles. The van der Waals surface area contributed by atoms with Crippen molar-refractivity contribution in [1.29, 1.82) is 0 Å². The molecule has 1 amide bonds. The van der Waals surface area contributed by atoms with Gasteiger partial charge in [0.05, 0.1) is 0 Å². The van der Waals surface area contributed by atoms with Crippen LogP contribution in [0.4, 0.5) is 0 Å². The highest BCUT2D eigenvalue weighted by atomic mass is 32.2. The van der Waals surface area contributed by atoms with Crippen molar-refractivity contribution in [3.05, 3.63) is 17.9 Å². The van der Waals surface area contributed by atoms with E-state index < -0.39 is 0 Å². The summed E-state index contributed by atoms with van der Waals surface area (Å²) in [6, 6.07) is 0. The molecule has 0 aromatic rings. The van der Waals surface area contributed by atoms with E-state index in [1.807, 2.05) is 6.08 Å². The number of thioether (sulfide) groups is 1. The summed E-state index contributed by atoms with van der Waals surface area (Å²) in [5.41, 5.74) is 3.01. The van der Waals surface area contributed by atoms with Crippen LogP contribution in [0.1, 0.15) is 39.5 Å².